The van der Waals surface area contributed by atoms with Gasteiger partial charge in [0.1, 0.15) is 0 Å². The van der Waals surface area contributed by atoms with E-state index in [9.17, 15) is 4.79 Å². The van der Waals surface area contributed by atoms with E-state index < -0.39 is 0 Å². The number of nitrogens with zero attached hydrogens (tertiary/aromatic N) is 3. The molecule has 0 radical (unpaired) electrons. The second-order valence-electron chi connectivity index (χ2n) is 5.72. The lowest BCUT2D eigenvalue weighted by molar-refractivity contribution is 0.102. The van der Waals surface area contributed by atoms with E-state index in [2.05, 4.69) is 25.5 Å². The Morgan fingerprint density at radius 3 is 2.88 bits per heavy atom. The van der Waals surface area contributed by atoms with Gasteiger partial charge < -0.3 is 5.32 Å². The van der Waals surface area contributed by atoms with Crippen molar-refractivity contribution in [2.24, 2.45) is 0 Å². The van der Waals surface area contributed by atoms with E-state index in [-0.39, 0.29) is 5.91 Å². The predicted molar refractivity (Wildman–Crippen MR) is 96.3 cm³/mol. The van der Waals surface area contributed by atoms with E-state index in [0.29, 0.717) is 11.4 Å². The maximum absolute atomic E-state index is 12.5. The van der Waals surface area contributed by atoms with Crippen LogP contribution in [-0.4, -0.2) is 26.1 Å². The topological polar surface area (TPSA) is 83.6 Å². The van der Waals surface area contributed by atoms with Gasteiger partial charge in [0, 0.05) is 40.7 Å². The normalized spacial score (nSPS) is 10.8. The number of carbonyl (C=O) groups is 1. The van der Waals surface area contributed by atoms with Crippen molar-refractivity contribution < 1.29 is 4.79 Å². The Kier molecular flexibility index (Phi) is 3.70. The maximum atomic E-state index is 12.5. The third kappa shape index (κ3) is 3.10. The number of pyridine rings is 2. The first-order valence-electron chi connectivity index (χ1n) is 7.84. The Balaban J connectivity index is 1.56. The lowest BCUT2D eigenvalue weighted by Gasteiger charge is -2.04. The van der Waals surface area contributed by atoms with Crippen LogP contribution < -0.4 is 5.32 Å². The molecule has 3 aromatic heterocycles. The fraction of sp³-hybridized carbons (Fsp3) is 0.0526. The van der Waals surface area contributed by atoms with Gasteiger partial charge in [-0.15, -0.1) is 0 Å². The summed E-state index contributed by atoms with van der Waals surface area (Å²) >= 11 is 0. The van der Waals surface area contributed by atoms with Crippen molar-refractivity contribution in [3.8, 4) is 11.3 Å². The molecule has 0 atom stereocenters. The fourth-order valence-electron chi connectivity index (χ4n) is 2.61. The highest BCUT2D eigenvalue weighted by Crippen LogP contribution is 2.20. The number of rotatable bonds is 3. The lowest BCUT2D eigenvalue weighted by atomic mass is 10.1. The highest BCUT2D eigenvalue weighted by Gasteiger charge is 2.10. The van der Waals surface area contributed by atoms with Gasteiger partial charge in [-0.2, -0.15) is 5.10 Å². The van der Waals surface area contributed by atoms with Crippen LogP contribution in [0.5, 0.6) is 0 Å². The second kappa shape index (κ2) is 6.16. The summed E-state index contributed by atoms with van der Waals surface area (Å²) in [6, 6.07) is 14.9. The number of carbonyl (C=O) groups excluding carboxylic acids is 1. The van der Waals surface area contributed by atoms with Gasteiger partial charge in [0.05, 0.1) is 11.2 Å². The molecule has 0 saturated carbocycles. The minimum atomic E-state index is -0.216. The zero-order chi connectivity index (χ0) is 17.2. The summed E-state index contributed by atoms with van der Waals surface area (Å²) in [5.41, 5.74) is 4.08. The molecule has 122 valence electrons. The summed E-state index contributed by atoms with van der Waals surface area (Å²) in [6.45, 7) is 1.94. The number of fused-ring (bicyclic) bond motifs is 1. The molecule has 0 fully saturated rings. The number of anilines is 1. The Morgan fingerprint density at radius 2 is 2.04 bits per heavy atom. The van der Waals surface area contributed by atoms with Crippen LogP contribution in [0.2, 0.25) is 0 Å². The van der Waals surface area contributed by atoms with Crippen LogP contribution >= 0.6 is 0 Å². The quantitative estimate of drug-likeness (QED) is 0.602. The smallest absolute Gasteiger partial charge is 0.256 e. The predicted octanol–water partition coefficient (Wildman–Crippen LogP) is 3.58. The van der Waals surface area contributed by atoms with Gasteiger partial charge >= 0.3 is 0 Å². The number of aryl methyl sites for hydroxylation is 1. The molecule has 2 N–H and O–H groups in total. The molecule has 1 aromatic carbocycles. The van der Waals surface area contributed by atoms with Crippen molar-refractivity contribution in [1.82, 2.24) is 20.2 Å². The minimum absolute atomic E-state index is 0.216. The van der Waals surface area contributed by atoms with Crippen LogP contribution in [-0.2, 0) is 0 Å². The van der Waals surface area contributed by atoms with Crippen LogP contribution in [0.4, 0.5) is 5.82 Å². The molecule has 0 bridgehead atoms. The van der Waals surface area contributed by atoms with Gasteiger partial charge in [0.15, 0.2) is 5.82 Å². The number of hydrogen-bond donors (Lipinski definition) is 2. The van der Waals surface area contributed by atoms with E-state index in [1.165, 1.54) is 0 Å². The Labute approximate surface area is 144 Å². The maximum Gasteiger partial charge on any atom is 0.256 e. The second-order valence-corrected chi connectivity index (χ2v) is 5.72. The average molecular weight is 329 g/mol. The number of amides is 1. The SMILES string of the molecule is Cc1ccc2cc(C(=O)Nc3cc(-c4cccnc4)[nH]n3)ccc2n1. The van der Waals surface area contributed by atoms with Crippen molar-refractivity contribution in [2.75, 3.05) is 5.32 Å². The van der Waals surface area contributed by atoms with E-state index >= 15 is 0 Å². The summed E-state index contributed by atoms with van der Waals surface area (Å²) in [5.74, 6) is 0.248. The van der Waals surface area contributed by atoms with E-state index in [0.717, 1.165) is 27.9 Å². The molecule has 0 aliphatic carbocycles. The lowest BCUT2D eigenvalue weighted by Crippen LogP contribution is -2.12. The zero-order valence-electron chi connectivity index (χ0n) is 13.5. The number of hydrogen-bond acceptors (Lipinski definition) is 4. The molecule has 6 heteroatoms. The number of benzene rings is 1. The number of aromatic nitrogens is 4. The Bertz CT molecular complexity index is 1060. The summed E-state index contributed by atoms with van der Waals surface area (Å²) < 4.78 is 0. The molecule has 0 aliphatic rings. The van der Waals surface area contributed by atoms with Gasteiger partial charge in [0.2, 0.25) is 0 Å². The van der Waals surface area contributed by atoms with Gasteiger partial charge in [0.25, 0.3) is 5.91 Å². The van der Waals surface area contributed by atoms with E-state index in [4.69, 9.17) is 0 Å². The molecule has 0 spiro atoms. The van der Waals surface area contributed by atoms with Crippen molar-refractivity contribution in [3.05, 3.63) is 72.2 Å². The molecular weight excluding hydrogens is 314 g/mol. The highest BCUT2D eigenvalue weighted by molar-refractivity contribution is 6.05. The summed E-state index contributed by atoms with van der Waals surface area (Å²) in [5, 5.41) is 10.8. The van der Waals surface area contributed by atoms with Gasteiger partial charge in [-0.1, -0.05) is 6.07 Å². The van der Waals surface area contributed by atoms with Crippen LogP contribution in [0.25, 0.3) is 22.2 Å². The molecule has 0 unspecified atom stereocenters. The monoisotopic (exact) mass is 329 g/mol. The first kappa shape index (κ1) is 15.0. The van der Waals surface area contributed by atoms with Crippen molar-refractivity contribution in [3.63, 3.8) is 0 Å². The van der Waals surface area contributed by atoms with E-state index in [1.54, 1.807) is 24.5 Å². The minimum Gasteiger partial charge on any atom is -0.305 e. The molecule has 3 heterocycles. The van der Waals surface area contributed by atoms with Crippen LogP contribution in [0.15, 0.2) is 60.9 Å². The number of H-pyrrole nitrogens is 1. The number of nitrogens with one attached hydrogen (secondary N) is 2. The first-order chi connectivity index (χ1) is 12.2. The van der Waals surface area contributed by atoms with Crippen molar-refractivity contribution in [2.45, 2.75) is 6.92 Å². The van der Waals surface area contributed by atoms with Crippen molar-refractivity contribution in [1.29, 1.82) is 0 Å². The third-order valence-electron chi connectivity index (χ3n) is 3.88. The molecular formula is C19H15N5O. The molecule has 4 aromatic rings. The van der Waals surface area contributed by atoms with Crippen LogP contribution in [0, 0.1) is 6.92 Å². The first-order valence-corrected chi connectivity index (χ1v) is 7.84. The van der Waals surface area contributed by atoms with Gasteiger partial charge in [-0.25, -0.2) is 0 Å². The molecule has 25 heavy (non-hydrogen) atoms. The van der Waals surface area contributed by atoms with Gasteiger partial charge in [-0.05, 0) is 43.3 Å². The van der Waals surface area contributed by atoms with Crippen LogP contribution in [0.1, 0.15) is 16.1 Å². The standard InChI is InChI=1S/C19H15N5O/c1-12-4-5-13-9-14(6-7-16(13)21-12)19(25)22-18-10-17(23-24-18)15-3-2-8-20-11-15/h2-11H,1H3,(H2,22,23,24,25). The summed E-state index contributed by atoms with van der Waals surface area (Å²) in [7, 11) is 0. The molecule has 1 amide bonds. The third-order valence-corrected chi connectivity index (χ3v) is 3.88. The van der Waals surface area contributed by atoms with Crippen LogP contribution in [0.3, 0.4) is 0 Å². The summed E-state index contributed by atoms with van der Waals surface area (Å²) in [4.78, 5) is 21.0. The van der Waals surface area contributed by atoms with Crippen molar-refractivity contribution >= 4 is 22.6 Å². The molecule has 0 saturated heterocycles. The van der Waals surface area contributed by atoms with E-state index in [1.807, 2.05) is 43.3 Å². The fourth-order valence-corrected chi connectivity index (χ4v) is 2.61. The largest absolute Gasteiger partial charge is 0.305 e. The zero-order valence-corrected chi connectivity index (χ0v) is 13.5. The van der Waals surface area contributed by atoms with Gasteiger partial charge in [-0.3, -0.25) is 19.9 Å². The number of aromatic amines is 1. The highest BCUT2D eigenvalue weighted by atomic mass is 16.1. The molecule has 0 aliphatic heterocycles. The summed E-state index contributed by atoms with van der Waals surface area (Å²) in [6.07, 6.45) is 3.44. The Hall–Kier alpha value is -3.54. The molecule has 6 nitrogen and oxygen atoms in total. The Morgan fingerprint density at radius 1 is 1.12 bits per heavy atom. The average Bonchev–Trinajstić information content (AvgIpc) is 3.10. The molecule has 4 rings (SSSR count).